The maximum Gasteiger partial charge on any atom is 0.277 e. The van der Waals surface area contributed by atoms with Gasteiger partial charge in [-0.2, -0.15) is 0 Å². The zero-order valence-electron chi connectivity index (χ0n) is 16.2. The average Bonchev–Trinajstić information content (AvgIpc) is 3.17. The largest absolute Gasteiger partial charge is 0.493 e. The van der Waals surface area contributed by atoms with Gasteiger partial charge in [-0.25, -0.2) is 0 Å². The highest BCUT2D eigenvalue weighted by molar-refractivity contribution is 8.00. The molecule has 0 saturated heterocycles. The fourth-order valence-corrected chi connectivity index (χ4v) is 3.54. The van der Waals surface area contributed by atoms with Crippen LogP contribution in [0.15, 0.2) is 64.2 Å². The monoisotopic (exact) mass is 397 g/mol. The van der Waals surface area contributed by atoms with Gasteiger partial charge in [-0.15, -0.1) is 10.2 Å². The summed E-state index contributed by atoms with van der Waals surface area (Å²) in [7, 11) is 1.80. The maximum atomic E-state index is 12.7. The number of rotatable bonds is 8. The van der Waals surface area contributed by atoms with Crippen LogP contribution in [0.5, 0.6) is 5.75 Å². The van der Waals surface area contributed by atoms with E-state index in [0.717, 1.165) is 11.1 Å². The van der Waals surface area contributed by atoms with Gasteiger partial charge in [-0.3, -0.25) is 4.79 Å². The Morgan fingerprint density at radius 3 is 2.61 bits per heavy atom. The standard InChI is InChI=1S/C21H23N3O3S/c1-4-26-18-13-9-8-12-17(18)19-22-23-21(27-19)28-15(2)20(25)24(3)14-16-10-6-5-7-11-16/h5-13,15H,4,14H2,1-3H3. The zero-order valence-corrected chi connectivity index (χ0v) is 17.0. The fourth-order valence-electron chi connectivity index (χ4n) is 2.74. The van der Waals surface area contributed by atoms with Crippen molar-refractivity contribution in [3.63, 3.8) is 0 Å². The number of carbonyl (C=O) groups excluding carboxylic acids is 1. The maximum absolute atomic E-state index is 12.7. The van der Waals surface area contributed by atoms with Gasteiger partial charge in [0.25, 0.3) is 11.1 Å². The van der Waals surface area contributed by atoms with Crippen molar-refractivity contribution in [2.45, 2.75) is 30.9 Å². The Labute approximate surface area is 168 Å². The van der Waals surface area contributed by atoms with Crippen LogP contribution in [0.2, 0.25) is 0 Å². The lowest BCUT2D eigenvalue weighted by atomic mass is 10.2. The number of ether oxygens (including phenoxy) is 1. The van der Waals surface area contributed by atoms with Crippen molar-refractivity contribution >= 4 is 17.7 Å². The Morgan fingerprint density at radius 1 is 1.14 bits per heavy atom. The second-order valence-corrected chi connectivity index (χ2v) is 7.53. The molecule has 0 N–H and O–H groups in total. The predicted molar refractivity (Wildman–Crippen MR) is 109 cm³/mol. The summed E-state index contributed by atoms with van der Waals surface area (Å²) < 4.78 is 11.4. The summed E-state index contributed by atoms with van der Waals surface area (Å²) in [4.78, 5) is 14.4. The number of para-hydroxylation sites is 1. The minimum atomic E-state index is -0.343. The van der Waals surface area contributed by atoms with Crippen molar-refractivity contribution in [2.24, 2.45) is 0 Å². The highest BCUT2D eigenvalue weighted by Gasteiger charge is 2.22. The lowest BCUT2D eigenvalue weighted by Crippen LogP contribution is -2.32. The number of carbonyl (C=O) groups is 1. The van der Waals surface area contributed by atoms with Crippen molar-refractivity contribution in [2.75, 3.05) is 13.7 Å². The third-order valence-electron chi connectivity index (χ3n) is 4.09. The van der Waals surface area contributed by atoms with E-state index in [2.05, 4.69) is 10.2 Å². The van der Waals surface area contributed by atoms with Crippen LogP contribution >= 0.6 is 11.8 Å². The SMILES string of the molecule is CCOc1ccccc1-c1nnc(SC(C)C(=O)N(C)Cc2ccccc2)o1. The lowest BCUT2D eigenvalue weighted by molar-refractivity contribution is -0.129. The summed E-state index contributed by atoms with van der Waals surface area (Å²) in [5.41, 5.74) is 1.83. The van der Waals surface area contributed by atoms with Crippen molar-refractivity contribution < 1.29 is 13.9 Å². The molecule has 0 aliphatic heterocycles. The number of hydrogen-bond acceptors (Lipinski definition) is 6. The summed E-state index contributed by atoms with van der Waals surface area (Å²) in [6.45, 7) is 4.87. The molecular weight excluding hydrogens is 374 g/mol. The number of hydrogen-bond donors (Lipinski definition) is 0. The van der Waals surface area contributed by atoms with Gasteiger partial charge in [0.05, 0.1) is 17.4 Å². The molecule has 0 saturated carbocycles. The van der Waals surface area contributed by atoms with Gasteiger partial charge < -0.3 is 14.1 Å². The van der Waals surface area contributed by atoms with E-state index in [1.807, 2.05) is 68.4 Å². The summed E-state index contributed by atoms with van der Waals surface area (Å²) in [6.07, 6.45) is 0. The molecule has 1 heterocycles. The van der Waals surface area contributed by atoms with Gasteiger partial charge in [0.1, 0.15) is 5.75 Å². The number of thioether (sulfide) groups is 1. The smallest absolute Gasteiger partial charge is 0.277 e. The molecule has 7 heteroatoms. The van der Waals surface area contributed by atoms with Crippen LogP contribution in [0.1, 0.15) is 19.4 Å². The van der Waals surface area contributed by atoms with Crippen LogP contribution in [0.4, 0.5) is 0 Å². The third kappa shape index (κ3) is 4.92. The van der Waals surface area contributed by atoms with E-state index in [1.165, 1.54) is 11.8 Å². The highest BCUT2D eigenvalue weighted by Crippen LogP contribution is 2.32. The summed E-state index contributed by atoms with van der Waals surface area (Å²) in [5.74, 6) is 1.07. The second-order valence-electron chi connectivity index (χ2n) is 6.24. The average molecular weight is 398 g/mol. The van der Waals surface area contributed by atoms with Crippen LogP contribution in [0, 0.1) is 0 Å². The predicted octanol–water partition coefficient (Wildman–Crippen LogP) is 4.27. The molecule has 1 atom stereocenters. The molecule has 2 aromatic carbocycles. The molecule has 1 unspecified atom stereocenters. The fraction of sp³-hybridized carbons (Fsp3) is 0.286. The second kappa shape index (κ2) is 9.41. The summed E-state index contributed by atoms with van der Waals surface area (Å²) >= 11 is 1.25. The topological polar surface area (TPSA) is 68.5 Å². The molecular formula is C21H23N3O3S. The van der Waals surface area contributed by atoms with E-state index >= 15 is 0 Å². The van der Waals surface area contributed by atoms with Gasteiger partial charge in [0, 0.05) is 13.6 Å². The van der Waals surface area contributed by atoms with E-state index < -0.39 is 0 Å². The molecule has 3 aromatic rings. The number of amides is 1. The molecule has 6 nitrogen and oxygen atoms in total. The van der Waals surface area contributed by atoms with Crippen molar-refractivity contribution in [3.8, 4) is 17.2 Å². The van der Waals surface area contributed by atoms with Gasteiger partial charge in [-0.1, -0.05) is 54.2 Å². The molecule has 0 aliphatic rings. The zero-order chi connectivity index (χ0) is 19.9. The van der Waals surface area contributed by atoms with Crippen LogP contribution in [-0.2, 0) is 11.3 Å². The summed E-state index contributed by atoms with van der Waals surface area (Å²) in [5, 5.41) is 8.20. The minimum Gasteiger partial charge on any atom is -0.493 e. The van der Waals surface area contributed by atoms with E-state index in [-0.39, 0.29) is 11.2 Å². The Morgan fingerprint density at radius 2 is 1.86 bits per heavy atom. The Kier molecular flexibility index (Phi) is 6.71. The Hall–Kier alpha value is -2.80. The molecule has 3 rings (SSSR count). The molecule has 1 aromatic heterocycles. The van der Waals surface area contributed by atoms with Gasteiger partial charge in [0.2, 0.25) is 5.91 Å². The highest BCUT2D eigenvalue weighted by atomic mass is 32.2. The van der Waals surface area contributed by atoms with Gasteiger partial charge in [-0.05, 0) is 31.5 Å². The van der Waals surface area contributed by atoms with Crippen LogP contribution < -0.4 is 4.74 Å². The first-order chi connectivity index (χ1) is 13.6. The van der Waals surface area contributed by atoms with Gasteiger partial charge >= 0.3 is 0 Å². The molecule has 0 spiro atoms. The molecule has 28 heavy (non-hydrogen) atoms. The first-order valence-corrected chi connectivity index (χ1v) is 9.97. The number of benzene rings is 2. The Balaban J connectivity index is 1.65. The van der Waals surface area contributed by atoms with Crippen LogP contribution in [0.3, 0.4) is 0 Å². The van der Waals surface area contributed by atoms with Crippen LogP contribution in [-0.4, -0.2) is 39.9 Å². The summed E-state index contributed by atoms with van der Waals surface area (Å²) in [6, 6.07) is 17.4. The number of aromatic nitrogens is 2. The first kappa shape index (κ1) is 19.9. The van der Waals surface area contributed by atoms with Crippen molar-refractivity contribution in [1.29, 1.82) is 0 Å². The normalized spacial score (nSPS) is 11.8. The van der Waals surface area contributed by atoms with Crippen LogP contribution in [0.25, 0.3) is 11.5 Å². The quantitative estimate of drug-likeness (QED) is 0.529. The third-order valence-corrected chi connectivity index (χ3v) is 5.01. The molecule has 0 aliphatic carbocycles. The molecule has 1 amide bonds. The molecule has 0 bridgehead atoms. The molecule has 0 radical (unpaired) electrons. The van der Waals surface area contributed by atoms with E-state index in [1.54, 1.807) is 11.9 Å². The molecule has 146 valence electrons. The van der Waals surface area contributed by atoms with Crippen molar-refractivity contribution in [1.82, 2.24) is 15.1 Å². The minimum absolute atomic E-state index is 0.00307. The van der Waals surface area contributed by atoms with E-state index in [9.17, 15) is 4.79 Å². The molecule has 0 fully saturated rings. The van der Waals surface area contributed by atoms with E-state index in [4.69, 9.17) is 9.15 Å². The first-order valence-electron chi connectivity index (χ1n) is 9.09. The van der Waals surface area contributed by atoms with Gasteiger partial charge in [0.15, 0.2) is 0 Å². The lowest BCUT2D eigenvalue weighted by Gasteiger charge is -2.20. The Bertz CT molecular complexity index is 914. The number of nitrogens with zero attached hydrogens (tertiary/aromatic N) is 3. The van der Waals surface area contributed by atoms with Crippen molar-refractivity contribution in [3.05, 3.63) is 60.2 Å². The van der Waals surface area contributed by atoms with E-state index in [0.29, 0.717) is 30.0 Å².